The second-order valence-electron chi connectivity index (χ2n) is 4.32. The van der Waals surface area contributed by atoms with Crippen molar-refractivity contribution in [3.8, 4) is 0 Å². The molecule has 1 N–H and O–H groups in total. The van der Waals surface area contributed by atoms with Crippen molar-refractivity contribution in [3.05, 3.63) is 16.1 Å². The Bertz CT molecular complexity index is 400. The van der Waals surface area contributed by atoms with Crippen molar-refractivity contribution in [2.24, 2.45) is 5.92 Å². The summed E-state index contributed by atoms with van der Waals surface area (Å²) < 4.78 is 24.9. The number of thiazole rings is 1. The molecular weight excluding hydrogens is 248 g/mol. The Balaban J connectivity index is 1.98. The first-order valence-electron chi connectivity index (χ1n) is 5.54. The lowest BCUT2D eigenvalue weighted by Gasteiger charge is -2.26. The van der Waals surface area contributed by atoms with Crippen LogP contribution in [0.5, 0.6) is 0 Å². The van der Waals surface area contributed by atoms with Gasteiger partial charge in [0, 0.05) is 17.2 Å². The molecule has 1 fully saturated rings. The van der Waals surface area contributed by atoms with Crippen LogP contribution in [-0.2, 0) is 0 Å². The van der Waals surface area contributed by atoms with Crippen molar-refractivity contribution in [1.29, 1.82) is 0 Å². The molecule has 0 radical (unpaired) electrons. The van der Waals surface area contributed by atoms with Crippen LogP contribution in [0.4, 0.5) is 8.78 Å². The number of hydrogen-bond acceptors (Lipinski definition) is 3. The summed E-state index contributed by atoms with van der Waals surface area (Å²) in [6.07, 6.45) is 0.138. The zero-order chi connectivity index (χ0) is 12.4. The smallest absolute Gasteiger partial charge is 0.355 e. The van der Waals surface area contributed by atoms with Gasteiger partial charge in [-0.05, 0) is 25.7 Å². The lowest BCUT2D eigenvalue weighted by Crippen LogP contribution is -2.19. The molecule has 1 heterocycles. The van der Waals surface area contributed by atoms with Crippen LogP contribution in [0.15, 0.2) is 5.38 Å². The molecule has 3 nitrogen and oxygen atoms in total. The van der Waals surface area contributed by atoms with Gasteiger partial charge in [0.25, 0.3) is 0 Å². The van der Waals surface area contributed by atoms with Gasteiger partial charge in [-0.25, -0.2) is 18.6 Å². The maximum absolute atomic E-state index is 12.5. The minimum atomic E-state index is -2.23. The molecule has 6 heteroatoms. The summed E-state index contributed by atoms with van der Waals surface area (Å²) in [5.41, 5.74) is 0.0565. The first-order valence-corrected chi connectivity index (χ1v) is 6.42. The molecule has 94 valence electrons. The molecule has 0 amide bonds. The summed E-state index contributed by atoms with van der Waals surface area (Å²) >= 11 is 1.31. The highest BCUT2D eigenvalue weighted by atomic mass is 32.1. The zero-order valence-electron chi connectivity index (χ0n) is 9.10. The number of aromatic carboxylic acids is 1. The van der Waals surface area contributed by atoms with Crippen molar-refractivity contribution in [2.75, 3.05) is 0 Å². The Morgan fingerprint density at radius 1 is 1.41 bits per heavy atom. The largest absolute Gasteiger partial charge is 0.476 e. The van der Waals surface area contributed by atoms with Crippen LogP contribution in [0.25, 0.3) is 0 Å². The second kappa shape index (κ2) is 5.08. The number of carboxylic acids is 1. The molecule has 0 unspecified atom stereocenters. The Labute approximate surface area is 101 Å². The maximum Gasteiger partial charge on any atom is 0.355 e. The zero-order valence-corrected chi connectivity index (χ0v) is 9.92. The summed E-state index contributed by atoms with van der Waals surface area (Å²) in [6, 6.07) is 0. The summed E-state index contributed by atoms with van der Waals surface area (Å²) in [5.74, 6) is -1.37. The fourth-order valence-electron chi connectivity index (χ4n) is 2.19. The molecule has 1 aromatic rings. The van der Waals surface area contributed by atoms with Crippen molar-refractivity contribution < 1.29 is 18.7 Å². The average Bonchev–Trinajstić information content (AvgIpc) is 2.78. The fourth-order valence-corrected chi connectivity index (χ4v) is 3.16. The van der Waals surface area contributed by atoms with Crippen molar-refractivity contribution in [3.63, 3.8) is 0 Å². The van der Waals surface area contributed by atoms with Gasteiger partial charge in [0.1, 0.15) is 0 Å². The average molecular weight is 261 g/mol. The third kappa shape index (κ3) is 2.80. The monoisotopic (exact) mass is 261 g/mol. The van der Waals surface area contributed by atoms with E-state index >= 15 is 0 Å². The first kappa shape index (κ1) is 12.4. The minimum absolute atomic E-state index is 0.0565. The van der Waals surface area contributed by atoms with Crippen LogP contribution >= 0.6 is 11.3 Å². The van der Waals surface area contributed by atoms with Crippen LogP contribution in [0.1, 0.15) is 47.1 Å². The van der Waals surface area contributed by atoms with E-state index in [1.807, 2.05) is 0 Å². The summed E-state index contributed by atoms with van der Waals surface area (Å²) in [7, 11) is 0. The first-order chi connectivity index (χ1) is 8.08. The Morgan fingerprint density at radius 3 is 2.53 bits per heavy atom. The van der Waals surface area contributed by atoms with Crippen molar-refractivity contribution in [2.45, 2.75) is 38.0 Å². The van der Waals surface area contributed by atoms with E-state index in [0.717, 1.165) is 5.01 Å². The minimum Gasteiger partial charge on any atom is -0.476 e. The van der Waals surface area contributed by atoms with Gasteiger partial charge in [0.2, 0.25) is 6.43 Å². The van der Waals surface area contributed by atoms with E-state index in [0.29, 0.717) is 25.7 Å². The van der Waals surface area contributed by atoms with Crippen LogP contribution in [0, 0.1) is 5.92 Å². The highest BCUT2D eigenvalue weighted by Gasteiger charge is 2.29. The van der Waals surface area contributed by atoms with Gasteiger partial charge >= 0.3 is 5.97 Å². The predicted molar refractivity (Wildman–Crippen MR) is 59.8 cm³/mol. The van der Waals surface area contributed by atoms with Crippen LogP contribution in [0.2, 0.25) is 0 Å². The lowest BCUT2D eigenvalue weighted by molar-refractivity contribution is 0.0528. The lowest BCUT2D eigenvalue weighted by atomic mass is 9.82. The molecule has 1 saturated carbocycles. The van der Waals surface area contributed by atoms with Gasteiger partial charge in [-0.3, -0.25) is 0 Å². The number of carbonyl (C=O) groups is 1. The number of nitrogens with zero attached hydrogens (tertiary/aromatic N) is 1. The molecule has 0 spiro atoms. The van der Waals surface area contributed by atoms with E-state index in [1.165, 1.54) is 16.7 Å². The third-order valence-electron chi connectivity index (χ3n) is 3.22. The van der Waals surface area contributed by atoms with E-state index in [9.17, 15) is 13.6 Å². The fraction of sp³-hybridized carbons (Fsp3) is 0.636. The molecule has 0 aromatic carbocycles. The number of halogens is 2. The quantitative estimate of drug-likeness (QED) is 0.907. The molecule has 0 aliphatic heterocycles. The van der Waals surface area contributed by atoms with Gasteiger partial charge < -0.3 is 5.11 Å². The van der Waals surface area contributed by atoms with E-state index in [4.69, 9.17) is 5.11 Å². The van der Waals surface area contributed by atoms with Crippen LogP contribution < -0.4 is 0 Å². The summed E-state index contributed by atoms with van der Waals surface area (Å²) in [5, 5.41) is 11.0. The maximum atomic E-state index is 12.5. The Kier molecular flexibility index (Phi) is 3.71. The van der Waals surface area contributed by atoms with E-state index in [1.54, 1.807) is 0 Å². The number of rotatable bonds is 3. The molecule has 1 aliphatic rings. The standard InChI is InChI=1S/C11H13F2NO2S/c12-9(13)6-1-3-7(4-2-6)10-14-8(5-17-10)11(15)16/h5-7,9H,1-4H2,(H,15,16)/t6-,7-. The summed E-state index contributed by atoms with van der Waals surface area (Å²) in [6.45, 7) is 0. The third-order valence-corrected chi connectivity index (χ3v) is 4.23. The molecule has 0 saturated heterocycles. The van der Waals surface area contributed by atoms with E-state index < -0.39 is 18.3 Å². The molecular formula is C11H13F2NO2S. The normalized spacial score (nSPS) is 25.1. The molecule has 0 bridgehead atoms. The number of aromatic nitrogens is 1. The van der Waals surface area contributed by atoms with E-state index in [-0.39, 0.29) is 11.6 Å². The van der Waals surface area contributed by atoms with Gasteiger partial charge in [-0.2, -0.15) is 0 Å². The van der Waals surface area contributed by atoms with Gasteiger partial charge in [0.05, 0.1) is 5.01 Å². The highest BCUT2D eigenvalue weighted by molar-refractivity contribution is 7.09. The molecule has 2 rings (SSSR count). The van der Waals surface area contributed by atoms with Gasteiger partial charge in [-0.1, -0.05) is 0 Å². The predicted octanol–water partition coefficient (Wildman–Crippen LogP) is 3.38. The second-order valence-corrected chi connectivity index (χ2v) is 5.21. The topological polar surface area (TPSA) is 50.2 Å². The van der Waals surface area contributed by atoms with Crippen LogP contribution in [0.3, 0.4) is 0 Å². The van der Waals surface area contributed by atoms with Gasteiger partial charge in [-0.15, -0.1) is 11.3 Å². The number of alkyl halides is 2. The molecule has 17 heavy (non-hydrogen) atoms. The number of carboxylic acid groups (broad SMARTS) is 1. The SMILES string of the molecule is O=C(O)c1csc([C@H]2CC[C@H](C(F)F)CC2)n1. The Hall–Kier alpha value is -1.04. The molecule has 1 aliphatic carbocycles. The van der Waals surface area contributed by atoms with Gasteiger partial charge in [0.15, 0.2) is 5.69 Å². The van der Waals surface area contributed by atoms with Crippen LogP contribution in [-0.4, -0.2) is 22.5 Å². The Morgan fingerprint density at radius 2 is 2.06 bits per heavy atom. The van der Waals surface area contributed by atoms with Crippen molar-refractivity contribution >= 4 is 17.3 Å². The highest BCUT2D eigenvalue weighted by Crippen LogP contribution is 2.38. The molecule has 1 aromatic heterocycles. The molecule has 0 atom stereocenters. The van der Waals surface area contributed by atoms with Crippen molar-refractivity contribution in [1.82, 2.24) is 4.98 Å². The van der Waals surface area contributed by atoms with E-state index in [2.05, 4.69) is 4.98 Å². The number of hydrogen-bond donors (Lipinski definition) is 1. The summed E-state index contributed by atoms with van der Waals surface area (Å²) in [4.78, 5) is 14.7.